The van der Waals surface area contributed by atoms with Gasteiger partial charge >= 0.3 is 0 Å². The van der Waals surface area contributed by atoms with E-state index in [9.17, 15) is 0 Å². The first-order valence-corrected chi connectivity index (χ1v) is 7.05. The summed E-state index contributed by atoms with van der Waals surface area (Å²) in [6.45, 7) is 4.97. The van der Waals surface area contributed by atoms with Crippen molar-refractivity contribution in [1.29, 1.82) is 0 Å². The summed E-state index contributed by atoms with van der Waals surface area (Å²) in [6.07, 6.45) is 1.10. The lowest BCUT2D eigenvalue weighted by Crippen LogP contribution is -2.36. The molecule has 0 saturated carbocycles. The van der Waals surface area contributed by atoms with E-state index in [1.54, 1.807) is 0 Å². The van der Waals surface area contributed by atoms with Gasteiger partial charge in [0.1, 0.15) is 0 Å². The minimum atomic E-state index is 0.193. The van der Waals surface area contributed by atoms with E-state index in [0.717, 1.165) is 21.5 Å². The molecule has 2 unspecified atom stereocenters. The van der Waals surface area contributed by atoms with Crippen LogP contribution in [0.5, 0.6) is 0 Å². The Morgan fingerprint density at radius 3 is 2.65 bits per heavy atom. The molecule has 4 heteroatoms. The van der Waals surface area contributed by atoms with Crippen molar-refractivity contribution in [3.05, 3.63) is 33.3 Å². The fourth-order valence-electron chi connectivity index (χ4n) is 1.88. The van der Waals surface area contributed by atoms with E-state index in [4.69, 9.17) is 17.3 Å². The van der Waals surface area contributed by atoms with E-state index in [1.807, 2.05) is 18.2 Å². The zero-order valence-electron chi connectivity index (χ0n) is 10.6. The first kappa shape index (κ1) is 15.0. The molecule has 0 spiro atoms. The van der Waals surface area contributed by atoms with Gasteiger partial charge in [0.2, 0.25) is 0 Å². The molecule has 1 rings (SSSR count). The van der Waals surface area contributed by atoms with Crippen LogP contribution in [0, 0.1) is 0 Å². The van der Waals surface area contributed by atoms with E-state index >= 15 is 0 Å². The number of nitrogens with zero attached hydrogens (tertiary/aromatic N) is 1. The van der Waals surface area contributed by atoms with Crippen LogP contribution in [0.4, 0.5) is 0 Å². The summed E-state index contributed by atoms with van der Waals surface area (Å²) >= 11 is 9.63. The Bertz CT molecular complexity index is 370. The van der Waals surface area contributed by atoms with E-state index in [2.05, 4.69) is 41.7 Å². The van der Waals surface area contributed by atoms with Crippen LogP contribution in [0.25, 0.3) is 0 Å². The molecular formula is C13H20BrClN2. The minimum absolute atomic E-state index is 0.193. The Kier molecular flexibility index (Phi) is 5.93. The number of halogens is 2. The van der Waals surface area contributed by atoms with Gasteiger partial charge in [-0.2, -0.15) is 0 Å². The number of nitrogens with two attached hydrogens (primary N) is 1. The molecule has 0 bridgehead atoms. The molecule has 0 aromatic heterocycles. The molecule has 0 heterocycles. The monoisotopic (exact) mass is 318 g/mol. The van der Waals surface area contributed by atoms with Gasteiger partial charge in [-0.25, -0.2) is 0 Å². The minimum Gasteiger partial charge on any atom is -0.329 e. The lowest BCUT2D eigenvalue weighted by atomic mass is 10.0. The molecule has 0 aliphatic heterocycles. The van der Waals surface area contributed by atoms with Crippen molar-refractivity contribution in [1.82, 2.24) is 4.90 Å². The Labute approximate surface area is 117 Å². The van der Waals surface area contributed by atoms with Crippen molar-refractivity contribution in [2.24, 2.45) is 5.73 Å². The van der Waals surface area contributed by atoms with Crippen LogP contribution < -0.4 is 5.73 Å². The van der Waals surface area contributed by atoms with Gasteiger partial charge < -0.3 is 5.73 Å². The molecule has 0 radical (unpaired) electrons. The number of rotatable bonds is 5. The summed E-state index contributed by atoms with van der Waals surface area (Å²) in [4.78, 5) is 2.30. The number of hydrogen-bond acceptors (Lipinski definition) is 2. The molecule has 0 saturated heterocycles. The number of hydrogen-bond donors (Lipinski definition) is 1. The summed E-state index contributed by atoms with van der Waals surface area (Å²) < 4.78 is 1.06. The summed E-state index contributed by atoms with van der Waals surface area (Å²) in [7, 11) is 2.11. The van der Waals surface area contributed by atoms with Gasteiger partial charge in [0.05, 0.1) is 0 Å². The van der Waals surface area contributed by atoms with Crippen LogP contribution in [-0.4, -0.2) is 24.5 Å². The first-order chi connectivity index (χ1) is 8.01. The Hall–Kier alpha value is -0.0900. The molecule has 0 fully saturated rings. The summed E-state index contributed by atoms with van der Waals surface area (Å²) in [6, 6.07) is 6.53. The maximum absolute atomic E-state index is 6.06. The molecule has 0 aliphatic carbocycles. The normalized spacial score (nSPS) is 15.0. The van der Waals surface area contributed by atoms with Crippen LogP contribution in [0.1, 0.15) is 31.9 Å². The van der Waals surface area contributed by atoms with E-state index in [1.165, 1.54) is 0 Å². The first-order valence-electron chi connectivity index (χ1n) is 5.88. The predicted octanol–water partition coefficient (Wildman–Crippen LogP) is 3.83. The van der Waals surface area contributed by atoms with Crippen LogP contribution in [0.2, 0.25) is 5.02 Å². The standard InChI is InChI=1S/C13H20BrClN2/c1-4-9(2)17(3)13(8-16)11-7-10(15)5-6-12(11)14/h5-7,9,13H,4,8,16H2,1-3H3. The molecule has 96 valence electrons. The van der Waals surface area contributed by atoms with Crippen molar-refractivity contribution < 1.29 is 0 Å². The number of benzene rings is 1. The highest BCUT2D eigenvalue weighted by Gasteiger charge is 2.21. The topological polar surface area (TPSA) is 29.3 Å². The Morgan fingerprint density at radius 2 is 2.12 bits per heavy atom. The van der Waals surface area contributed by atoms with E-state index < -0.39 is 0 Å². The van der Waals surface area contributed by atoms with Gasteiger partial charge in [-0.1, -0.05) is 34.5 Å². The molecule has 1 aromatic rings. The number of likely N-dealkylation sites (N-methyl/N-ethyl adjacent to an activating group) is 1. The fourth-order valence-corrected chi connectivity index (χ4v) is 2.57. The third kappa shape index (κ3) is 3.68. The smallest absolute Gasteiger partial charge is 0.0481 e. The summed E-state index contributed by atoms with van der Waals surface area (Å²) in [5, 5.41) is 0.749. The lowest BCUT2D eigenvalue weighted by molar-refractivity contribution is 0.184. The molecule has 1 aromatic carbocycles. The molecule has 17 heavy (non-hydrogen) atoms. The van der Waals surface area contributed by atoms with E-state index in [-0.39, 0.29) is 6.04 Å². The highest BCUT2D eigenvalue weighted by Crippen LogP contribution is 2.30. The Balaban J connectivity index is 3.04. The summed E-state index contributed by atoms with van der Waals surface area (Å²) in [5.74, 6) is 0. The Morgan fingerprint density at radius 1 is 1.47 bits per heavy atom. The molecule has 2 atom stereocenters. The van der Waals surface area contributed by atoms with Crippen molar-refractivity contribution in [3.63, 3.8) is 0 Å². The summed E-state index contributed by atoms with van der Waals surface area (Å²) in [5.41, 5.74) is 7.07. The van der Waals surface area contributed by atoms with Crippen molar-refractivity contribution in [3.8, 4) is 0 Å². The third-order valence-corrected chi connectivity index (χ3v) is 4.28. The van der Waals surface area contributed by atoms with Gasteiger partial charge in [-0.3, -0.25) is 4.90 Å². The zero-order valence-corrected chi connectivity index (χ0v) is 12.9. The van der Waals surface area contributed by atoms with Crippen LogP contribution in [0.3, 0.4) is 0 Å². The predicted molar refractivity (Wildman–Crippen MR) is 78.5 cm³/mol. The zero-order chi connectivity index (χ0) is 13.0. The van der Waals surface area contributed by atoms with Crippen molar-refractivity contribution in [2.45, 2.75) is 32.4 Å². The van der Waals surface area contributed by atoms with E-state index in [0.29, 0.717) is 12.6 Å². The van der Waals surface area contributed by atoms with Gasteiger partial charge in [-0.15, -0.1) is 0 Å². The molecule has 0 aliphatic rings. The lowest BCUT2D eigenvalue weighted by Gasteiger charge is -2.33. The second kappa shape index (κ2) is 6.74. The fraction of sp³-hybridized carbons (Fsp3) is 0.538. The maximum Gasteiger partial charge on any atom is 0.0481 e. The molecular weight excluding hydrogens is 300 g/mol. The highest BCUT2D eigenvalue weighted by atomic mass is 79.9. The molecule has 2 nitrogen and oxygen atoms in total. The molecule has 0 amide bonds. The maximum atomic E-state index is 6.06. The largest absolute Gasteiger partial charge is 0.329 e. The molecule has 2 N–H and O–H groups in total. The van der Waals surface area contributed by atoms with Crippen LogP contribution >= 0.6 is 27.5 Å². The van der Waals surface area contributed by atoms with Crippen molar-refractivity contribution >= 4 is 27.5 Å². The van der Waals surface area contributed by atoms with Crippen LogP contribution in [-0.2, 0) is 0 Å². The average Bonchev–Trinajstić information content (AvgIpc) is 2.33. The SMILES string of the molecule is CCC(C)N(C)C(CN)c1cc(Cl)ccc1Br. The van der Waals surface area contributed by atoms with Gasteiger partial charge in [0.25, 0.3) is 0 Å². The highest BCUT2D eigenvalue weighted by molar-refractivity contribution is 9.10. The van der Waals surface area contributed by atoms with Gasteiger partial charge in [-0.05, 0) is 44.2 Å². The second-order valence-electron chi connectivity index (χ2n) is 4.34. The van der Waals surface area contributed by atoms with Gasteiger partial charge in [0.15, 0.2) is 0 Å². The average molecular weight is 320 g/mol. The quantitative estimate of drug-likeness (QED) is 0.893. The third-order valence-electron chi connectivity index (χ3n) is 3.32. The second-order valence-corrected chi connectivity index (χ2v) is 5.63. The van der Waals surface area contributed by atoms with Crippen molar-refractivity contribution in [2.75, 3.05) is 13.6 Å². The van der Waals surface area contributed by atoms with Gasteiger partial charge in [0, 0.05) is 28.1 Å². The van der Waals surface area contributed by atoms with Crippen LogP contribution in [0.15, 0.2) is 22.7 Å².